The average molecular weight is 269 g/mol. The van der Waals surface area contributed by atoms with E-state index in [9.17, 15) is 4.39 Å². The van der Waals surface area contributed by atoms with Gasteiger partial charge in [0.1, 0.15) is 17.2 Å². The second-order valence-electron chi connectivity index (χ2n) is 4.92. The van der Waals surface area contributed by atoms with Crippen LogP contribution in [0.4, 0.5) is 4.39 Å². The topological polar surface area (TPSA) is 25.2 Å². The van der Waals surface area contributed by atoms with E-state index >= 15 is 0 Å². The highest BCUT2D eigenvalue weighted by Crippen LogP contribution is 2.29. The van der Waals surface area contributed by atoms with Gasteiger partial charge in [0.2, 0.25) is 0 Å². The highest BCUT2D eigenvalue weighted by atomic mass is 19.1. The molecule has 0 aliphatic rings. The normalized spacial score (nSPS) is 12.8. The van der Waals surface area contributed by atoms with Crippen molar-refractivity contribution < 1.29 is 8.81 Å². The lowest BCUT2D eigenvalue weighted by molar-refractivity contribution is 0.490. The Kier molecular flexibility index (Phi) is 3.28. The van der Waals surface area contributed by atoms with Gasteiger partial charge in [0.15, 0.2) is 0 Å². The fourth-order valence-electron chi connectivity index (χ4n) is 2.50. The number of hydrogen-bond acceptors (Lipinski definition) is 2. The zero-order valence-electron chi connectivity index (χ0n) is 11.5. The molecule has 20 heavy (non-hydrogen) atoms. The summed E-state index contributed by atoms with van der Waals surface area (Å²) >= 11 is 0. The van der Waals surface area contributed by atoms with Gasteiger partial charge in [0.25, 0.3) is 0 Å². The van der Waals surface area contributed by atoms with Crippen LogP contribution in [-0.2, 0) is 0 Å². The van der Waals surface area contributed by atoms with Crippen molar-refractivity contribution in [3.05, 3.63) is 71.2 Å². The van der Waals surface area contributed by atoms with Gasteiger partial charge in [0, 0.05) is 5.39 Å². The number of para-hydroxylation sites is 1. The highest BCUT2D eigenvalue weighted by molar-refractivity contribution is 5.81. The molecule has 3 aromatic rings. The van der Waals surface area contributed by atoms with E-state index in [1.165, 1.54) is 12.1 Å². The molecular weight excluding hydrogens is 253 g/mol. The summed E-state index contributed by atoms with van der Waals surface area (Å²) in [6, 6.07) is 14.5. The van der Waals surface area contributed by atoms with Gasteiger partial charge >= 0.3 is 0 Å². The van der Waals surface area contributed by atoms with E-state index < -0.39 is 0 Å². The van der Waals surface area contributed by atoms with E-state index in [4.69, 9.17) is 4.42 Å². The van der Waals surface area contributed by atoms with E-state index in [0.717, 1.165) is 27.9 Å². The van der Waals surface area contributed by atoms with Crippen molar-refractivity contribution in [2.24, 2.45) is 0 Å². The number of fused-ring (bicyclic) bond motifs is 1. The largest absolute Gasteiger partial charge is 0.459 e. The second kappa shape index (κ2) is 5.10. The van der Waals surface area contributed by atoms with Crippen LogP contribution in [0.5, 0.6) is 0 Å². The Morgan fingerprint density at radius 2 is 1.85 bits per heavy atom. The molecule has 1 N–H and O–H groups in total. The molecule has 0 radical (unpaired) electrons. The van der Waals surface area contributed by atoms with Crippen LogP contribution in [-0.4, -0.2) is 7.05 Å². The van der Waals surface area contributed by atoms with Gasteiger partial charge < -0.3 is 9.73 Å². The van der Waals surface area contributed by atoms with E-state index in [1.54, 1.807) is 12.1 Å². The first kappa shape index (κ1) is 12.9. The first-order valence-electron chi connectivity index (χ1n) is 6.61. The van der Waals surface area contributed by atoms with Gasteiger partial charge in [-0.2, -0.15) is 0 Å². The summed E-state index contributed by atoms with van der Waals surface area (Å²) in [5, 5.41) is 4.30. The molecule has 0 saturated carbocycles. The average Bonchev–Trinajstić information content (AvgIpc) is 2.87. The predicted molar refractivity (Wildman–Crippen MR) is 78.3 cm³/mol. The Morgan fingerprint density at radius 1 is 1.10 bits per heavy atom. The lowest BCUT2D eigenvalue weighted by Crippen LogP contribution is -2.16. The Hall–Kier alpha value is -2.13. The third-order valence-corrected chi connectivity index (χ3v) is 3.54. The molecule has 102 valence electrons. The first-order valence-corrected chi connectivity index (χ1v) is 6.61. The molecule has 1 atom stereocenters. The summed E-state index contributed by atoms with van der Waals surface area (Å²) in [5.41, 5.74) is 3.00. The monoisotopic (exact) mass is 269 g/mol. The van der Waals surface area contributed by atoms with Crippen molar-refractivity contribution in [2.45, 2.75) is 13.0 Å². The molecule has 0 saturated heterocycles. The Morgan fingerprint density at radius 3 is 2.50 bits per heavy atom. The smallest absolute Gasteiger partial charge is 0.137 e. The maximum Gasteiger partial charge on any atom is 0.137 e. The van der Waals surface area contributed by atoms with Crippen LogP contribution in [0.2, 0.25) is 0 Å². The number of nitrogens with one attached hydrogen (secondary N) is 1. The molecular formula is C17H16FNO. The van der Waals surface area contributed by atoms with Gasteiger partial charge in [-0.05, 0) is 43.3 Å². The van der Waals surface area contributed by atoms with Crippen LogP contribution in [0.3, 0.4) is 0 Å². The van der Waals surface area contributed by atoms with Crippen molar-refractivity contribution in [3.8, 4) is 0 Å². The fourth-order valence-corrected chi connectivity index (χ4v) is 2.50. The van der Waals surface area contributed by atoms with Crippen LogP contribution in [0.1, 0.15) is 22.9 Å². The van der Waals surface area contributed by atoms with E-state index in [2.05, 4.69) is 5.32 Å². The third-order valence-electron chi connectivity index (χ3n) is 3.54. The van der Waals surface area contributed by atoms with Crippen LogP contribution in [0.15, 0.2) is 52.9 Å². The first-order chi connectivity index (χ1) is 9.69. The summed E-state index contributed by atoms with van der Waals surface area (Å²) in [5.74, 6) is 0.604. The summed E-state index contributed by atoms with van der Waals surface area (Å²) in [6.45, 7) is 2.03. The van der Waals surface area contributed by atoms with Crippen LogP contribution < -0.4 is 5.32 Å². The van der Waals surface area contributed by atoms with E-state index in [1.807, 2.05) is 38.2 Å². The number of halogens is 1. The Balaban J connectivity index is 2.07. The Labute approximate surface area is 117 Å². The lowest BCUT2D eigenvalue weighted by Gasteiger charge is -2.13. The van der Waals surface area contributed by atoms with Gasteiger partial charge in [-0.25, -0.2) is 4.39 Å². The molecule has 1 heterocycles. The molecule has 3 heteroatoms. The van der Waals surface area contributed by atoms with Crippen LogP contribution in [0, 0.1) is 12.7 Å². The summed E-state index contributed by atoms with van der Waals surface area (Å²) < 4.78 is 19.0. The molecule has 1 aromatic heterocycles. The van der Waals surface area contributed by atoms with Crippen molar-refractivity contribution in [1.29, 1.82) is 0 Å². The summed E-state index contributed by atoms with van der Waals surface area (Å²) in [7, 11) is 1.87. The van der Waals surface area contributed by atoms with Crippen LogP contribution >= 0.6 is 0 Å². The van der Waals surface area contributed by atoms with E-state index in [-0.39, 0.29) is 11.9 Å². The summed E-state index contributed by atoms with van der Waals surface area (Å²) in [4.78, 5) is 0. The minimum atomic E-state index is -0.232. The van der Waals surface area contributed by atoms with Gasteiger partial charge in [0.05, 0.1) is 6.04 Å². The number of hydrogen-bond donors (Lipinski definition) is 1. The van der Waals surface area contributed by atoms with Crippen molar-refractivity contribution in [2.75, 3.05) is 7.05 Å². The minimum absolute atomic E-state index is 0.0811. The standard InChI is InChI=1S/C17H16FNO/c1-11-4-3-5-13-10-15(20-17(11)13)16(19-2)12-6-8-14(18)9-7-12/h3-10,16,19H,1-2H3. The molecule has 2 nitrogen and oxygen atoms in total. The molecule has 0 aliphatic heterocycles. The number of furan rings is 1. The Bertz CT molecular complexity index is 730. The predicted octanol–water partition coefficient (Wildman–Crippen LogP) is 4.19. The maximum atomic E-state index is 13.0. The van der Waals surface area contributed by atoms with Crippen LogP contribution in [0.25, 0.3) is 11.0 Å². The van der Waals surface area contributed by atoms with Gasteiger partial charge in [-0.3, -0.25) is 0 Å². The maximum absolute atomic E-state index is 13.0. The van der Waals surface area contributed by atoms with Crippen molar-refractivity contribution in [1.82, 2.24) is 5.32 Å². The molecule has 3 rings (SSSR count). The highest BCUT2D eigenvalue weighted by Gasteiger charge is 2.17. The molecule has 0 aliphatic carbocycles. The molecule has 0 fully saturated rings. The zero-order chi connectivity index (χ0) is 14.1. The minimum Gasteiger partial charge on any atom is -0.459 e. The molecule has 0 spiro atoms. The number of aryl methyl sites for hydroxylation is 1. The molecule has 2 aromatic carbocycles. The molecule has 0 amide bonds. The molecule has 0 bridgehead atoms. The summed E-state index contributed by atoms with van der Waals surface area (Å²) in [6.07, 6.45) is 0. The SMILES string of the molecule is CNC(c1ccc(F)cc1)c1cc2cccc(C)c2o1. The number of rotatable bonds is 3. The van der Waals surface area contributed by atoms with Crippen molar-refractivity contribution in [3.63, 3.8) is 0 Å². The lowest BCUT2D eigenvalue weighted by atomic mass is 10.0. The zero-order valence-corrected chi connectivity index (χ0v) is 11.5. The van der Waals surface area contributed by atoms with Gasteiger partial charge in [-0.15, -0.1) is 0 Å². The third kappa shape index (κ3) is 2.21. The quantitative estimate of drug-likeness (QED) is 0.771. The number of benzene rings is 2. The van der Waals surface area contributed by atoms with E-state index in [0.29, 0.717) is 0 Å². The van der Waals surface area contributed by atoms with Gasteiger partial charge in [-0.1, -0.05) is 30.3 Å². The second-order valence-corrected chi connectivity index (χ2v) is 4.92. The molecule has 1 unspecified atom stereocenters. The fraction of sp³-hybridized carbons (Fsp3) is 0.176. The van der Waals surface area contributed by atoms with Crippen molar-refractivity contribution >= 4 is 11.0 Å².